The maximum Gasteiger partial charge on any atom is 0.410 e. The second kappa shape index (κ2) is 4.16. The molecule has 2 aliphatic rings. The summed E-state index contributed by atoms with van der Waals surface area (Å²) in [5, 5.41) is 0. The maximum absolute atomic E-state index is 12.0. The lowest BCUT2D eigenvalue weighted by Crippen LogP contribution is -2.46. The minimum absolute atomic E-state index is 0.0146. The highest BCUT2D eigenvalue weighted by molar-refractivity contribution is 5.68. The Hall–Kier alpha value is -0.770. The lowest BCUT2D eigenvalue weighted by atomic mass is 9.87. The number of piperidine rings is 1. The summed E-state index contributed by atoms with van der Waals surface area (Å²) in [5.74, 6) is 0.462. The van der Waals surface area contributed by atoms with E-state index in [0.29, 0.717) is 5.92 Å². The molecule has 0 spiro atoms. The number of rotatable bonds is 1. The third kappa shape index (κ3) is 3.12. The smallest absolute Gasteiger partial charge is 0.410 e. The van der Waals surface area contributed by atoms with Gasteiger partial charge >= 0.3 is 6.09 Å². The molecule has 0 N–H and O–H groups in total. The van der Waals surface area contributed by atoms with Gasteiger partial charge in [-0.05, 0) is 40.5 Å². The van der Waals surface area contributed by atoms with Gasteiger partial charge in [0.25, 0.3) is 0 Å². The lowest BCUT2D eigenvalue weighted by Gasteiger charge is -2.35. The van der Waals surface area contributed by atoms with Gasteiger partial charge in [-0.3, -0.25) is 0 Å². The van der Waals surface area contributed by atoms with Crippen LogP contribution < -0.4 is 0 Å². The Labute approximate surface area is 103 Å². The summed E-state index contributed by atoms with van der Waals surface area (Å²) < 4.78 is 10.9. The van der Waals surface area contributed by atoms with Gasteiger partial charge in [-0.2, -0.15) is 0 Å². The molecule has 2 unspecified atom stereocenters. The van der Waals surface area contributed by atoms with Crippen LogP contribution in [0, 0.1) is 5.92 Å². The minimum atomic E-state index is -0.413. The third-order valence-electron chi connectivity index (χ3n) is 3.54. The van der Waals surface area contributed by atoms with E-state index < -0.39 is 5.60 Å². The molecule has 0 aliphatic carbocycles. The van der Waals surface area contributed by atoms with Crippen molar-refractivity contribution >= 4 is 6.09 Å². The van der Waals surface area contributed by atoms with Gasteiger partial charge in [0.2, 0.25) is 0 Å². The highest BCUT2D eigenvalue weighted by Gasteiger charge is 2.48. The molecular formula is C13H23NO3. The first kappa shape index (κ1) is 12.7. The highest BCUT2D eigenvalue weighted by atomic mass is 16.6. The van der Waals surface area contributed by atoms with Crippen molar-refractivity contribution in [3.63, 3.8) is 0 Å². The number of carbonyl (C=O) groups excluding carboxylic acids is 1. The molecule has 0 saturated carbocycles. The molecule has 17 heavy (non-hydrogen) atoms. The van der Waals surface area contributed by atoms with Crippen LogP contribution in [-0.4, -0.2) is 41.9 Å². The summed E-state index contributed by atoms with van der Waals surface area (Å²) in [7, 11) is 0. The van der Waals surface area contributed by atoms with Gasteiger partial charge in [0, 0.05) is 19.0 Å². The average molecular weight is 241 g/mol. The molecule has 0 radical (unpaired) electrons. The molecule has 1 amide bonds. The quantitative estimate of drug-likeness (QED) is 0.662. The zero-order valence-corrected chi connectivity index (χ0v) is 11.3. The molecule has 0 bridgehead atoms. The summed E-state index contributed by atoms with van der Waals surface area (Å²) in [6, 6.07) is 0. The molecule has 2 fully saturated rings. The predicted octanol–water partition coefficient (Wildman–Crippen LogP) is 2.42. The maximum atomic E-state index is 12.0. The van der Waals surface area contributed by atoms with E-state index in [1.807, 2.05) is 25.7 Å². The Morgan fingerprint density at radius 3 is 2.65 bits per heavy atom. The number of hydrogen-bond donors (Lipinski definition) is 0. The van der Waals surface area contributed by atoms with Crippen LogP contribution in [0.2, 0.25) is 0 Å². The van der Waals surface area contributed by atoms with Crippen molar-refractivity contribution in [1.82, 2.24) is 4.90 Å². The Morgan fingerprint density at radius 2 is 2.12 bits per heavy atom. The molecule has 0 aromatic carbocycles. The fourth-order valence-electron chi connectivity index (χ4n) is 2.32. The number of likely N-dealkylation sites (tertiary alicyclic amines) is 1. The van der Waals surface area contributed by atoms with E-state index >= 15 is 0 Å². The number of epoxide rings is 1. The van der Waals surface area contributed by atoms with Crippen LogP contribution in [0.4, 0.5) is 4.79 Å². The minimum Gasteiger partial charge on any atom is -0.444 e. The first-order valence-corrected chi connectivity index (χ1v) is 6.42. The Bertz CT molecular complexity index is 304. The zero-order chi connectivity index (χ0) is 12.7. The number of hydrogen-bond acceptors (Lipinski definition) is 3. The predicted molar refractivity (Wildman–Crippen MR) is 64.9 cm³/mol. The molecule has 4 nitrogen and oxygen atoms in total. The largest absolute Gasteiger partial charge is 0.444 e. The van der Waals surface area contributed by atoms with E-state index in [-0.39, 0.29) is 11.7 Å². The molecule has 2 rings (SSSR count). The van der Waals surface area contributed by atoms with Crippen LogP contribution in [0.5, 0.6) is 0 Å². The Morgan fingerprint density at radius 1 is 1.47 bits per heavy atom. The number of nitrogens with zero attached hydrogens (tertiary/aromatic N) is 1. The monoisotopic (exact) mass is 241 g/mol. The third-order valence-corrected chi connectivity index (χ3v) is 3.54. The van der Waals surface area contributed by atoms with Gasteiger partial charge < -0.3 is 14.4 Å². The van der Waals surface area contributed by atoms with Crippen LogP contribution in [0.3, 0.4) is 0 Å². The molecule has 2 heterocycles. The van der Waals surface area contributed by atoms with Crippen molar-refractivity contribution in [1.29, 1.82) is 0 Å². The lowest BCUT2D eigenvalue weighted by molar-refractivity contribution is 0.0118. The molecule has 2 aliphatic heterocycles. The molecule has 0 aromatic rings. The van der Waals surface area contributed by atoms with Crippen molar-refractivity contribution in [3.05, 3.63) is 0 Å². The summed E-state index contributed by atoms with van der Waals surface area (Å²) in [4.78, 5) is 13.8. The van der Waals surface area contributed by atoms with Gasteiger partial charge in [0.1, 0.15) is 5.60 Å². The van der Waals surface area contributed by atoms with E-state index in [1.165, 1.54) is 0 Å². The highest BCUT2D eigenvalue weighted by Crippen LogP contribution is 2.39. The average Bonchev–Trinajstić information content (AvgIpc) is 2.96. The van der Waals surface area contributed by atoms with Gasteiger partial charge in [0.05, 0.1) is 12.2 Å². The van der Waals surface area contributed by atoms with E-state index in [1.54, 1.807) is 0 Å². The normalized spacial score (nSPS) is 33.4. The molecular weight excluding hydrogens is 218 g/mol. The number of amides is 1. The van der Waals surface area contributed by atoms with Crippen molar-refractivity contribution in [3.8, 4) is 0 Å². The standard InChI is InChI=1S/C13H23NO3/c1-12(2,3)17-11(15)14-7-5-6-10(8-14)13(4)9-16-13/h10H,5-9H2,1-4H3. The number of ether oxygens (including phenoxy) is 2. The van der Waals surface area contributed by atoms with Crippen LogP contribution in [0.25, 0.3) is 0 Å². The summed E-state index contributed by atoms with van der Waals surface area (Å²) >= 11 is 0. The Kier molecular flexibility index (Phi) is 3.10. The first-order chi connectivity index (χ1) is 7.80. The van der Waals surface area contributed by atoms with Gasteiger partial charge in [0.15, 0.2) is 0 Å². The van der Waals surface area contributed by atoms with Crippen molar-refractivity contribution < 1.29 is 14.3 Å². The van der Waals surface area contributed by atoms with Crippen LogP contribution in [0.15, 0.2) is 0 Å². The van der Waals surface area contributed by atoms with Crippen LogP contribution in [-0.2, 0) is 9.47 Å². The van der Waals surface area contributed by atoms with Gasteiger partial charge in [-0.1, -0.05) is 0 Å². The second-order valence-corrected chi connectivity index (χ2v) is 6.37. The molecule has 2 atom stereocenters. The molecule has 0 aromatic heterocycles. The van der Waals surface area contributed by atoms with Crippen molar-refractivity contribution in [2.45, 2.75) is 51.7 Å². The topological polar surface area (TPSA) is 42.1 Å². The van der Waals surface area contributed by atoms with Gasteiger partial charge in [-0.25, -0.2) is 4.79 Å². The summed E-state index contributed by atoms with van der Waals surface area (Å²) in [5.41, 5.74) is -0.398. The van der Waals surface area contributed by atoms with E-state index in [2.05, 4.69) is 6.92 Å². The number of carbonyl (C=O) groups is 1. The molecule has 98 valence electrons. The summed E-state index contributed by atoms with van der Waals surface area (Å²) in [6.45, 7) is 10.2. The SMILES string of the molecule is CC(C)(C)OC(=O)N1CCCC(C2(C)CO2)C1. The summed E-state index contributed by atoms with van der Waals surface area (Å²) in [6.07, 6.45) is 2.00. The van der Waals surface area contributed by atoms with Crippen LogP contribution >= 0.6 is 0 Å². The van der Waals surface area contributed by atoms with E-state index in [9.17, 15) is 4.79 Å². The van der Waals surface area contributed by atoms with Gasteiger partial charge in [-0.15, -0.1) is 0 Å². The Balaban J connectivity index is 1.91. The molecule has 2 saturated heterocycles. The zero-order valence-electron chi connectivity index (χ0n) is 11.3. The fraction of sp³-hybridized carbons (Fsp3) is 0.923. The van der Waals surface area contributed by atoms with Crippen LogP contribution in [0.1, 0.15) is 40.5 Å². The van der Waals surface area contributed by atoms with Crippen molar-refractivity contribution in [2.75, 3.05) is 19.7 Å². The van der Waals surface area contributed by atoms with E-state index in [4.69, 9.17) is 9.47 Å². The second-order valence-electron chi connectivity index (χ2n) is 6.37. The fourth-order valence-corrected chi connectivity index (χ4v) is 2.32. The molecule has 4 heteroatoms. The van der Waals surface area contributed by atoms with E-state index in [0.717, 1.165) is 32.5 Å². The van der Waals surface area contributed by atoms with Crippen molar-refractivity contribution in [2.24, 2.45) is 5.92 Å². The first-order valence-electron chi connectivity index (χ1n) is 6.42.